The number of hydrogen-bond acceptors (Lipinski definition) is 6. The van der Waals surface area contributed by atoms with Gasteiger partial charge in [-0.1, -0.05) is 18.2 Å². The molecule has 0 radical (unpaired) electrons. The zero-order chi connectivity index (χ0) is 13.8. The molecule has 2 heterocycles. The largest absolute Gasteiger partial charge is 0.356 e. The van der Waals surface area contributed by atoms with E-state index in [-0.39, 0.29) is 0 Å². The van der Waals surface area contributed by atoms with Gasteiger partial charge in [-0.05, 0) is 29.5 Å². The highest BCUT2D eigenvalue weighted by Gasteiger charge is 2.12. The second-order valence-corrected chi connectivity index (χ2v) is 4.75. The summed E-state index contributed by atoms with van der Waals surface area (Å²) in [5, 5.41) is 18.4. The van der Waals surface area contributed by atoms with Crippen molar-refractivity contribution in [3.05, 3.63) is 36.2 Å². The van der Waals surface area contributed by atoms with Gasteiger partial charge < -0.3 is 10.6 Å². The lowest BCUT2D eigenvalue weighted by atomic mass is 10.3. The van der Waals surface area contributed by atoms with Crippen LogP contribution in [-0.4, -0.2) is 45.3 Å². The zero-order valence-corrected chi connectivity index (χ0v) is 11.3. The van der Waals surface area contributed by atoms with Crippen molar-refractivity contribution in [3.8, 4) is 5.69 Å². The van der Waals surface area contributed by atoms with Crippen molar-refractivity contribution in [1.82, 2.24) is 30.8 Å². The van der Waals surface area contributed by atoms with Crippen LogP contribution < -0.4 is 10.6 Å². The van der Waals surface area contributed by atoms with Crippen LogP contribution in [-0.2, 0) is 6.42 Å². The average Bonchev–Trinajstić information content (AvgIpc) is 3.09. The first kappa shape index (κ1) is 12.6. The third-order valence-corrected chi connectivity index (χ3v) is 3.08. The zero-order valence-electron chi connectivity index (χ0n) is 11.3. The van der Waals surface area contributed by atoms with Crippen LogP contribution in [0, 0.1) is 0 Å². The molecule has 7 nitrogen and oxygen atoms in total. The number of hydrogen-bond donors (Lipinski definition) is 2. The summed E-state index contributed by atoms with van der Waals surface area (Å²) in [6, 6.07) is 10.3. The molecule has 1 unspecified atom stereocenters. The Hall–Kier alpha value is -2.44. The molecule has 0 bridgehead atoms. The van der Waals surface area contributed by atoms with Crippen molar-refractivity contribution in [2.45, 2.75) is 19.4 Å². The fourth-order valence-corrected chi connectivity index (χ4v) is 2.08. The molecule has 0 saturated heterocycles. The minimum absolute atomic E-state index is 0.409. The van der Waals surface area contributed by atoms with Gasteiger partial charge in [-0.2, -0.15) is 4.68 Å². The molecule has 1 aromatic carbocycles. The van der Waals surface area contributed by atoms with Crippen LogP contribution in [0.3, 0.4) is 0 Å². The molecule has 1 aliphatic heterocycles. The molecule has 0 fully saturated rings. The van der Waals surface area contributed by atoms with Crippen LogP contribution in [0.1, 0.15) is 12.7 Å². The lowest BCUT2D eigenvalue weighted by Gasteiger charge is -2.08. The summed E-state index contributed by atoms with van der Waals surface area (Å²) < 4.78 is 1.76. The molecule has 2 N–H and O–H groups in total. The molecule has 0 spiro atoms. The van der Waals surface area contributed by atoms with Crippen molar-refractivity contribution in [3.63, 3.8) is 0 Å². The summed E-state index contributed by atoms with van der Waals surface area (Å²) in [5.41, 5.74) is 0.970. The fourth-order valence-electron chi connectivity index (χ4n) is 2.08. The van der Waals surface area contributed by atoms with Gasteiger partial charge in [0.15, 0.2) is 11.8 Å². The van der Waals surface area contributed by atoms with Gasteiger partial charge in [0, 0.05) is 19.0 Å². The highest BCUT2D eigenvalue weighted by Crippen LogP contribution is 2.06. The molecule has 3 rings (SSSR count). The van der Waals surface area contributed by atoms with Crippen molar-refractivity contribution in [2.75, 3.05) is 13.1 Å². The first-order valence-electron chi connectivity index (χ1n) is 6.70. The van der Waals surface area contributed by atoms with Crippen LogP contribution >= 0.6 is 0 Å². The quantitative estimate of drug-likeness (QED) is 0.827. The molecule has 104 valence electrons. The minimum Gasteiger partial charge on any atom is -0.356 e. The van der Waals surface area contributed by atoms with E-state index in [0.717, 1.165) is 37.0 Å². The Morgan fingerprint density at radius 2 is 2.20 bits per heavy atom. The Bertz CT molecular complexity index is 590. The standard InChI is InChI=1S/C13H17N7/c1-10-9-15-13(16-10)14-8-7-12-17-18-19-20(12)11-5-3-2-4-6-11/h2-6,10H,7-9H2,1H3,(H2,14,15,16). The minimum atomic E-state index is 0.409. The Balaban J connectivity index is 1.60. The molecular formula is C13H17N7. The fraction of sp³-hybridized carbons (Fsp3) is 0.385. The molecule has 2 aromatic rings. The molecule has 1 aromatic heterocycles. The van der Waals surface area contributed by atoms with Crippen LogP contribution in [0.2, 0.25) is 0 Å². The molecule has 0 aliphatic carbocycles. The lowest BCUT2D eigenvalue weighted by molar-refractivity contribution is 0.704. The summed E-state index contributed by atoms with van der Waals surface area (Å²) in [4.78, 5) is 4.35. The van der Waals surface area contributed by atoms with Gasteiger partial charge in [-0.25, -0.2) is 0 Å². The smallest absolute Gasteiger partial charge is 0.191 e. The second kappa shape index (κ2) is 5.68. The van der Waals surface area contributed by atoms with E-state index in [1.54, 1.807) is 4.68 Å². The monoisotopic (exact) mass is 271 g/mol. The first-order valence-corrected chi connectivity index (χ1v) is 6.70. The highest BCUT2D eigenvalue weighted by molar-refractivity contribution is 5.81. The highest BCUT2D eigenvalue weighted by atomic mass is 15.5. The predicted molar refractivity (Wildman–Crippen MR) is 75.8 cm³/mol. The van der Waals surface area contributed by atoms with Crippen molar-refractivity contribution < 1.29 is 0 Å². The summed E-state index contributed by atoms with van der Waals surface area (Å²) >= 11 is 0. The number of rotatable bonds is 4. The van der Waals surface area contributed by atoms with E-state index >= 15 is 0 Å². The number of tetrazole rings is 1. The summed E-state index contributed by atoms with van der Waals surface area (Å²) in [7, 11) is 0. The third kappa shape index (κ3) is 2.76. The van der Waals surface area contributed by atoms with E-state index in [1.807, 2.05) is 30.3 Å². The van der Waals surface area contributed by atoms with Gasteiger partial charge >= 0.3 is 0 Å². The number of aliphatic imine (C=N–C) groups is 1. The first-order chi connectivity index (χ1) is 9.83. The van der Waals surface area contributed by atoms with E-state index in [2.05, 4.69) is 38.1 Å². The maximum atomic E-state index is 4.35. The van der Waals surface area contributed by atoms with E-state index < -0.39 is 0 Å². The van der Waals surface area contributed by atoms with Crippen LogP contribution in [0.15, 0.2) is 35.3 Å². The molecule has 0 saturated carbocycles. The number of nitrogens with zero attached hydrogens (tertiary/aromatic N) is 5. The summed E-state index contributed by atoms with van der Waals surface area (Å²) in [6.45, 7) is 3.67. The number of para-hydroxylation sites is 1. The Morgan fingerprint density at radius 3 is 2.95 bits per heavy atom. The van der Waals surface area contributed by atoms with Gasteiger partial charge in [0.2, 0.25) is 0 Å². The number of benzene rings is 1. The van der Waals surface area contributed by atoms with Gasteiger partial charge in [-0.15, -0.1) is 5.10 Å². The van der Waals surface area contributed by atoms with E-state index in [1.165, 1.54) is 0 Å². The van der Waals surface area contributed by atoms with Gasteiger partial charge in [0.05, 0.1) is 12.2 Å². The Kier molecular flexibility index (Phi) is 3.58. The molecule has 1 atom stereocenters. The maximum Gasteiger partial charge on any atom is 0.191 e. The Labute approximate surface area is 117 Å². The van der Waals surface area contributed by atoms with Crippen LogP contribution in [0.25, 0.3) is 5.69 Å². The molecule has 20 heavy (non-hydrogen) atoms. The SMILES string of the molecule is CC1CN=C(NCCc2nnnn2-c2ccccc2)N1. The molecular weight excluding hydrogens is 254 g/mol. The maximum absolute atomic E-state index is 4.35. The topological polar surface area (TPSA) is 80.0 Å². The van der Waals surface area contributed by atoms with Gasteiger partial charge in [-0.3, -0.25) is 4.99 Å². The number of aromatic nitrogens is 4. The molecule has 1 aliphatic rings. The van der Waals surface area contributed by atoms with E-state index in [4.69, 9.17) is 0 Å². The summed E-state index contributed by atoms with van der Waals surface area (Å²) in [6.07, 6.45) is 0.733. The predicted octanol–water partition coefficient (Wildman–Crippen LogP) is 0.142. The van der Waals surface area contributed by atoms with Crippen LogP contribution in [0.4, 0.5) is 0 Å². The lowest BCUT2D eigenvalue weighted by Crippen LogP contribution is -2.38. The molecule has 0 amide bonds. The van der Waals surface area contributed by atoms with Crippen molar-refractivity contribution in [1.29, 1.82) is 0 Å². The normalized spacial score (nSPS) is 17.6. The average molecular weight is 271 g/mol. The van der Waals surface area contributed by atoms with E-state index in [9.17, 15) is 0 Å². The number of guanidine groups is 1. The summed E-state index contributed by atoms with van der Waals surface area (Å²) in [5.74, 6) is 1.69. The van der Waals surface area contributed by atoms with Gasteiger partial charge in [0.1, 0.15) is 0 Å². The molecule has 7 heteroatoms. The van der Waals surface area contributed by atoms with Crippen LogP contribution in [0.5, 0.6) is 0 Å². The van der Waals surface area contributed by atoms with Crippen molar-refractivity contribution >= 4 is 5.96 Å². The number of nitrogens with one attached hydrogen (secondary N) is 2. The van der Waals surface area contributed by atoms with Crippen molar-refractivity contribution in [2.24, 2.45) is 4.99 Å². The Morgan fingerprint density at radius 1 is 1.35 bits per heavy atom. The third-order valence-electron chi connectivity index (χ3n) is 3.08. The van der Waals surface area contributed by atoms with Gasteiger partial charge in [0.25, 0.3) is 0 Å². The van der Waals surface area contributed by atoms with E-state index in [0.29, 0.717) is 6.04 Å². The second-order valence-electron chi connectivity index (χ2n) is 4.75.